The van der Waals surface area contributed by atoms with Crippen molar-refractivity contribution in [2.45, 2.75) is 0 Å². The Balaban J connectivity index is -0.0000000150. The van der Waals surface area contributed by atoms with E-state index in [0.29, 0.717) is 0 Å². The minimum absolute atomic E-state index is 0. The van der Waals surface area contributed by atoms with Gasteiger partial charge in [-0.2, -0.15) is 0 Å². The van der Waals surface area contributed by atoms with Crippen LogP contribution in [0.3, 0.4) is 0 Å². The van der Waals surface area contributed by atoms with E-state index in [-0.39, 0.29) is 28.3 Å². The van der Waals surface area contributed by atoms with Gasteiger partial charge in [0.15, 0.2) is 0 Å². The van der Waals surface area contributed by atoms with Gasteiger partial charge in [-0.25, -0.2) is 0 Å². The van der Waals surface area contributed by atoms with Crippen molar-refractivity contribution in [3.8, 4) is 0 Å². The molecule has 0 fully saturated rings. The summed E-state index contributed by atoms with van der Waals surface area (Å²) in [7, 11) is 0. The molecule has 0 saturated carbocycles. The van der Waals surface area contributed by atoms with E-state index in [1.807, 2.05) is 0 Å². The first kappa shape index (κ1) is 29.7. The second-order valence-electron chi connectivity index (χ2n) is 0.250. The molecule has 0 bridgehead atoms. The quantitative estimate of drug-likeness (QED) is 0.353. The van der Waals surface area contributed by atoms with Crippen LogP contribution < -0.4 is 10.2 Å². The molecule has 0 saturated heterocycles. The van der Waals surface area contributed by atoms with E-state index in [1.54, 1.807) is 0 Å². The number of hydrogen-bond donors (Lipinski definition) is 0. The van der Waals surface area contributed by atoms with E-state index in [1.165, 1.54) is 0 Å². The number of carboxylic acid groups (broad SMARTS) is 2. The third-order valence-electron chi connectivity index (χ3n) is 0. The van der Waals surface area contributed by atoms with Crippen molar-refractivity contribution in [1.29, 1.82) is 0 Å². The van der Waals surface area contributed by atoms with Gasteiger partial charge in [0, 0.05) is 0 Å². The fourth-order valence-electron chi connectivity index (χ4n) is 0. The zero-order valence-corrected chi connectivity index (χ0v) is 4.36. The van der Waals surface area contributed by atoms with Crippen molar-refractivity contribution in [3.05, 3.63) is 0 Å². The van der Waals surface area contributed by atoms with Crippen molar-refractivity contribution in [2.75, 3.05) is 0 Å². The second kappa shape index (κ2) is 17.2. The zero-order valence-electron chi connectivity index (χ0n) is 3.08. The Morgan fingerprint density at radius 1 is 1.29 bits per heavy atom. The number of carbonyl (C=O) groups excluding carboxylic acids is 1. The summed E-state index contributed by atoms with van der Waals surface area (Å²) in [5.74, 6) is 0. The Labute approximate surface area is 50.3 Å². The van der Waals surface area contributed by atoms with Crippen LogP contribution in [0.15, 0.2) is 0 Å². The van der Waals surface area contributed by atoms with Crippen LogP contribution in [-0.4, -0.2) is 17.1 Å². The summed E-state index contributed by atoms with van der Waals surface area (Å²) < 4.78 is 0. The predicted octanol–water partition coefficient (Wildman–Crippen LogP) is -3.45. The van der Waals surface area contributed by atoms with Gasteiger partial charge in [-0.15, -0.1) is 0 Å². The molecule has 0 aliphatic heterocycles. The van der Waals surface area contributed by atoms with E-state index >= 15 is 0 Å². The molecule has 0 aliphatic carbocycles. The summed E-state index contributed by atoms with van der Waals surface area (Å²) in [6.07, 6.45) is -2.33. The number of carbonyl (C=O) groups is 1. The van der Waals surface area contributed by atoms with Gasteiger partial charge in [-0.05, 0) is 6.16 Å². The van der Waals surface area contributed by atoms with Gasteiger partial charge in [-0.1, -0.05) is 0 Å². The molecular weight excluding hydrogens is 144 g/mol. The minimum Gasteiger partial charge on any atom is -0.870 e. The summed E-state index contributed by atoms with van der Waals surface area (Å²) in [5, 5.41) is 16.7. The molecule has 0 atom stereocenters. The fourth-order valence-corrected chi connectivity index (χ4v) is 0. The molecule has 0 spiro atoms. The molecule has 0 rings (SSSR count). The Hall–Kier alpha value is -0.278. The van der Waals surface area contributed by atoms with Crippen molar-refractivity contribution >= 4 is 6.16 Å². The second-order valence-corrected chi connectivity index (χ2v) is 0.250. The Bertz CT molecular complexity index is 31.1. The van der Waals surface area contributed by atoms with E-state index in [9.17, 15) is 0 Å². The summed E-state index contributed by atoms with van der Waals surface area (Å²) in [6, 6.07) is 0. The third kappa shape index (κ3) is 1030. The molecule has 5 nitrogen and oxygen atoms in total. The Morgan fingerprint density at radius 2 is 1.29 bits per heavy atom. The first-order chi connectivity index (χ1) is 1.73. The van der Waals surface area contributed by atoms with Crippen LogP contribution in [0.25, 0.3) is 0 Å². The van der Waals surface area contributed by atoms with Gasteiger partial charge in [-0.3, -0.25) is 0 Å². The largest absolute Gasteiger partial charge is 3.00 e. The molecule has 0 unspecified atom stereocenters. The van der Waals surface area contributed by atoms with E-state index in [4.69, 9.17) is 15.0 Å². The average molecular weight is 147 g/mol. The van der Waals surface area contributed by atoms with Gasteiger partial charge >= 0.3 is 17.4 Å². The summed E-state index contributed by atoms with van der Waals surface area (Å²) >= 11 is 0. The molecule has 6 heteroatoms. The molecule has 3 N–H and O–H groups in total. The summed E-state index contributed by atoms with van der Waals surface area (Å²) in [5.41, 5.74) is 0. The topological polar surface area (TPSA) is 125 Å². The molecule has 0 aliphatic rings. The molecule has 0 amide bonds. The average Bonchev–Trinajstić information content (AvgIpc) is 0.811. The smallest absolute Gasteiger partial charge is 0.870 e. The van der Waals surface area contributed by atoms with Crippen LogP contribution in [0.2, 0.25) is 0 Å². The first-order valence-electron chi connectivity index (χ1n) is 0.612. The minimum atomic E-state index is -2.33. The maximum atomic E-state index is 8.33. The number of rotatable bonds is 0. The summed E-state index contributed by atoms with van der Waals surface area (Å²) in [4.78, 5) is 8.33. The van der Waals surface area contributed by atoms with Crippen LogP contribution >= 0.6 is 0 Å². The van der Waals surface area contributed by atoms with E-state index < -0.39 is 6.16 Å². The molecule has 1 radical (unpaired) electrons. The third-order valence-corrected chi connectivity index (χ3v) is 0. The van der Waals surface area contributed by atoms with Crippen LogP contribution in [0, 0.1) is 0 Å². The molecule has 0 aromatic carbocycles. The predicted molar refractivity (Wildman–Crippen MR) is 10.9 cm³/mol. The van der Waals surface area contributed by atoms with Gasteiger partial charge in [0.1, 0.15) is 0 Å². The Morgan fingerprint density at radius 3 is 1.29 bits per heavy atom. The van der Waals surface area contributed by atoms with Crippen molar-refractivity contribution < 1.29 is 43.3 Å². The van der Waals surface area contributed by atoms with Gasteiger partial charge < -0.3 is 26.0 Å². The Kier molecular flexibility index (Phi) is 73.1. The maximum absolute atomic E-state index is 8.33. The first-order valence-corrected chi connectivity index (χ1v) is 0.612. The zero-order chi connectivity index (χ0) is 3.58. The van der Waals surface area contributed by atoms with Crippen LogP contribution in [-0.2, 0) is 17.4 Å². The van der Waals surface area contributed by atoms with Gasteiger partial charge in [0.25, 0.3) is 0 Å². The maximum Gasteiger partial charge on any atom is 3.00 e. The summed E-state index contributed by atoms with van der Waals surface area (Å²) in [6.45, 7) is 0. The van der Waals surface area contributed by atoms with E-state index in [0.717, 1.165) is 0 Å². The molecular formula is CH3CrO5. The van der Waals surface area contributed by atoms with Crippen molar-refractivity contribution in [3.63, 3.8) is 0 Å². The van der Waals surface area contributed by atoms with Crippen LogP contribution in [0.1, 0.15) is 0 Å². The van der Waals surface area contributed by atoms with Crippen LogP contribution in [0.5, 0.6) is 0 Å². The van der Waals surface area contributed by atoms with Gasteiger partial charge in [0.05, 0.1) is 0 Å². The molecule has 43 valence electrons. The standard InChI is InChI=1S/CH2O3.Cr.2H2O/c2-1(3)4;;;/h(H2,2,3,4);;2*1H2/q;+3;;/p-3. The molecule has 0 aromatic rings. The monoisotopic (exact) mass is 147 g/mol. The fraction of sp³-hybridized carbons (Fsp3) is 0. The van der Waals surface area contributed by atoms with Crippen LogP contribution in [0.4, 0.5) is 4.79 Å². The molecule has 7 heavy (non-hydrogen) atoms. The normalized spacial score (nSPS) is 3.43. The van der Waals surface area contributed by atoms with Crippen molar-refractivity contribution in [2.24, 2.45) is 0 Å². The molecule has 0 heterocycles. The van der Waals surface area contributed by atoms with Crippen molar-refractivity contribution in [1.82, 2.24) is 0 Å². The number of hydrogen-bond acceptors (Lipinski definition) is 4. The molecule has 0 aromatic heterocycles. The van der Waals surface area contributed by atoms with Gasteiger partial charge in [0.2, 0.25) is 0 Å². The SMILES string of the molecule is O.O=C([O-])[O-].[Cr+3].[OH-]. The van der Waals surface area contributed by atoms with E-state index in [2.05, 4.69) is 0 Å².